The summed E-state index contributed by atoms with van der Waals surface area (Å²) < 4.78 is 29.3. The van der Waals surface area contributed by atoms with Gasteiger partial charge in [-0.15, -0.1) is 0 Å². The van der Waals surface area contributed by atoms with Crippen LogP contribution in [0.15, 0.2) is 76.5 Å². The molecule has 304 valence electrons. The molecule has 3 saturated carbocycles. The Morgan fingerprint density at radius 1 is 1.04 bits per heavy atom. The Bertz CT molecular complexity index is 2020. The van der Waals surface area contributed by atoms with Gasteiger partial charge in [-0.3, -0.25) is 14.4 Å². The van der Waals surface area contributed by atoms with Crippen molar-refractivity contribution in [3.63, 3.8) is 0 Å². The van der Waals surface area contributed by atoms with E-state index >= 15 is 0 Å². The molecule has 7 rings (SSSR count). The Kier molecular flexibility index (Phi) is 11.2. The van der Waals surface area contributed by atoms with Gasteiger partial charge in [0.25, 0.3) is 0 Å². The summed E-state index contributed by atoms with van der Waals surface area (Å²) >= 11 is 0. The fourth-order valence-corrected chi connectivity index (χ4v) is 10.6. The minimum Gasteiger partial charge on any atom is -0.458 e. The number of fused-ring (bicyclic) bond motifs is 6. The molecule has 8 unspecified atom stereocenters. The number of aliphatic hydroxyl groups excluding tert-OH is 1. The maximum atomic E-state index is 14.6. The first-order valence-corrected chi connectivity index (χ1v) is 20.2. The average molecular weight is 783 g/mol. The van der Waals surface area contributed by atoms with Gasteiger partial charge < -0.3 is 28.8 Å². The van der Waals surface area contributed by atoms with E-state index in [9.17, 15) is 24.3 Å². The van der Waals surface area contributed by atoms with Crippen molar-refractivity contribution >= 4 is 34.9 Å². The summed E-state index contributed by atoms with van der Waals surface area (Å²) in [4.78, 5) is 52.7. The lowest BCUT2D eigenvalue weighted by Gasteiger charge is -2.60. The molecule has 57 heavy (non-hydrogen) atoms. The third kappa shape index (κ3) is 7.52. The van der Waals surface area contributed by atoms with Gasteiger partial charge in [0.15, 0.2) is 18.7 Å². The van der Waals surface area contributed by atoms with Crippen LogP contribution in [-0.2, 0) is 39.8 Å². The van der Waals surface area contributed by atoms with E-state index in [1.165, 1.54) is 0 Å². The maximum Gasteiger partial charge on any atom is 0.345 e. The van der Waals surface area contributed by atoms with Crippen molar-refractivity contribution in [3.8, 4) is 5.75 Å². The lowest BCUT2D eigenvalue weighted by atomic mass is 9.46. The molecule has 12 heteroatoms. The highest BCUT2D eigenvalue weighted by atomic mass is 16.7. The first-order valence-electron chi connectivity index (χ1n) is 20.2. The predicted molar refractivity (Wildman–Crippen MR) is 209 cm³/mol. The number of carbonyl (C=O) groups excluding carboxylic acids is 4. The quantitative estimate of drug-likeness (QED) is 0.119. The number of nitrogens with zero attached hydrogens (tertiary/aromatic N) is 2. The van der Waals surface area contributed by atoms with Gasteiger partial charge in [-0.05, 0) is 98.8 Å². The molecule has 1 heterocycles. The van der Waals surface area contributed by atoms with Crippen molar-refractivity contribution in [2.24, 2.45) is 38.8 Å². The molecule has 0 spiro atoms. The number of ketones is 2. The summed E-state index contributed by atoms with van der Waals surface area (Å²) in [5.41, 5.74) is 0.522. The molecule has 0 radical (unpaired) electrons. The van der Waals surface area contributed by atoms with E-state index in [4.69, 9.17) is 23.7 Å². The van der Waals surface area contributed by atoms with Crippen LogP contribution >= 0.6 is 0 Å². The molecule has 0 amide bonds. The molecule has 0 saturated heterocycles. The van der Waals surface area contributed by atoms with Gasteiger partial charge in [0.1, 0.15) is 16.9 Å². The van der Waals surface area contributed by atoms with Gasteiger partial charge in [-0.1, -0.05) is 57.0 Å². The molecule has 2 aromatic rings. The number of rotatable bonds is 13. The summed E-state index contributed by atoms with van der Waals surface area (Å²) in [6, 6.07) is 12.2. The number of esters is 2. The summed E-state index contributed by atoms with van der Waals surface area (Å²) in [7, 11) is 1.57. The summed E-state index contributed by atoms with van der Waals surface area (Å²) in [6.07, 6.45) is 8.62. The number of hydrogen-bond donors (Lipinski definition) is 1. The van der Waals surface area contributed by atoms with Crippen LogP contribution in [0, 0.1) is 28.6 Å². The SMILES string of the molecule is CCCC(OC)OC1(C(=O)COC(=O)CCc2ccccc2/N=N/c2ccc3c(c2)C(=O)OC(C)(C)O3)CCC2C3CCC4=CC(=O)C=CC4(C)C3C(O)CC21C. The smallest absolute Gasteiger partial charge is 0.345 e. The zero-order chi connectivity index (χ0) is 40.8. The lowest BCUT2D eigenvalue weighted by molar-refractivity contribution is -0.248. The Morgan fingerprint density at radius 2 is 1.82 bits per heavy atom. The molecule has 2 aromatic carbocycles. The lowest BCUT2D eigenvalue weighted by Crippen LogP contribution is -2.63. The summed E-state index contributed by atoms with van der Waals surface area (Å²) in [5, 5.41) is 20.8. The van der Waals surface area contributed by atoms with E-state index in [0.717, 1.165) is 36.8 Å². The molecule has 12 nitrogen and oxygen atoms in total. The van der Waals surface area contributed by atoms with Crippen LogP contribution in [0.4, 0.5) is 11.4 Å². The maximum absolute atomic E-state index is 14.6. The van der Waals surface area contributed by atoms with Crippen molar-refractivity contribution in [2.75, 3.05) is 13.7 Å². The van der Waals surface area contributed by atoms with E-state index in [1.54, 1.807) is 57.4 Å². The third-order valence-electron chi connectivity index (χ3n) is 13.3. The number of Topliss-reactive ketones (excluding diaryl/α,β-unsaturated/α-hetero) is 1. The normalized spacial score (nSPS) is 31.6. The largest absolute Gasteiger partial charge is 0.458 e. The van der Waals surface area contributed by atoms with Crippen LogP contribution in [0.3, 0.4) is 0 Å². The molecule has 0 aromatic heterocycles. The highest BCUT2D eigenvalue weighted by Gasteiger charge is 2.69. The number of methoxy groups -OCH3 is 1. The molecule has 1 aliphatic heterocycles. The Hall–Kier alpha value is -4.52. The zero-order valence-corrected chi connectivity index (χ0v) is 33.7. The minimum atomic E-state index is -1.34. The number of azo groups is 1. The van der Waals surface area contributed by atoms with Gasteiger partial charge in [-0.2, -0.15) is 10.2 Å². The van der Waals surface area contributed by atoms with Crippen LogP contribution in [0.25, 0.3) is 0 Å². The predicted octanol–water partition coefficient (Wildman–Crippen LogP) is 8.24. The molecule has 0 bridgehead atoms. The highest BCUT2D eigenvalue weighted by Crippen LogP contribution is 2.68. The van der Waals surface area contributed by atoms with Crippen LogP contribution in [0.2, 0.25) is 0 Å². The minimum absolute atomic E-state index is 0.00513. The molecular weight excluding hydrogens is 728 g/mol. The van der Waals surface area contributed by atoms with Crippen molar-refractivity contribution < 1.29 is 48.0 Å². The van der Waals surface area contributed by atoms with Crippen molar-refractivity contribution in [2.45, 2.75) is 116 Å². The molecule has 3 fully saturated rings. The Balaban J connectivity index is 1.04. The van der Waals surface area contributed by atoms with E-state index in [-0.39, 0.29) is 47.7 Å². The van der Waals surface area contributed by atoms with Gasteiger partial charge in [-0.25, -0.2) is 4.79 Å². The van der Waals surface area contributed by atoms with E-state index < -0.39 is 53.2 Å². The standard InChI is InChI=1S/C45H54N2O10/c1-7-10-39(53-6)56-45(22-20-33-31-16-14-28-23-30(48)19-21-43(28,4)40(31)35(49)25-44(33,45)5)37(50)26-54-38(51)18-13-27-11-8-9-12-34(27)47-46-29-15-17-36-32(24-29)41(52)57-42(2,3)55-36/h8-9,11-12,15,17,19,21,23-24,31,33,35,39-40,49H,7,10,13-14,16,18,20,22,25-26H2,1-6H3/b47-46+. The summed E-state index contributed by atoms with van der Waals surface area (Å²) in [5.74, 6) is -1.98. The highest BCUT2D eigenvalue weighted by molar-refractivity contribution is 6.01. The Labute approximate surface area is 334 Å². The molecule has 1 N–H and O–H groups in total. The second-order valence-electron chi connectivity index (χ2n) is 17.1. The van der Waals surface area contributed by atoms with Crippen LogP contribution in [-0.4, -0.2) is 66.1 Å². The van der Waals surface area contributed by atoms with E-state index in [0.29, 0.717) is 36.4 Å². The number of aliphatic hydroxyl groups is 1. The number of benzene rings is 2. The number of hydrogen-bond acceptors (Lipinski definition) is 12. The van der Waals surface area contributed by atoms with E-state index in [1.807, 2.05) is 31.2 Å². The number of ether oxygens (including phenoxy) is 5. The average Bonchev–Trinajstić information content (AvgIpc) is 3.46. The van der Waals surface area contributed by atoms with Crippen LogP contribution in [0.1, 0.15) is 102 Å². The zero-order valence-electron chi connectivity index (χ0n) is 33.7. The number of allylic oxidation sites excluding steroid dienone is 4. The van der Waals surface area contributed by atoms with Crippen molar-refractivity contribution in [3.05, 3.63) is 77.4 Å². The number of cyclic esters (lactones) is 1. The topological polar surface area (TPSA) is 159 Å². The second-order valence-corrected chi connectivity index (χ2v) is 17.1. The first kappa shape index (κ1) is 40.7. The van der Waals surface area contributed by atoms with Crippen molar-refractivity contribution in [1.29, 1.82) is 0 Å². The van der Waals surface area contributed by atoms with Crippen LogP contribution in [0.5, 0.6) is 5.75 Å². The number of aryl methyl sites for hydroxylation is 1. The van der Waals surface area contributed by atoms with Crippen molar-refractivity contribution in [1.82, 2.24) is 0 Å². The fraction of sp³-hybridized carbons (Fsp3) is 0.556. The summed E-state index contributed by atoms with van der Waals surface area (Å²) in [6.45, 7) is 9.07. The number of carbonyl (C=O) groups is 4. The molecule has 4 aliphatic carbocycles. The monoisotopic (exact) mass is 782 g/mol. The molecule has 5 aliphatic rings. The van der Waals surface area contributed by atoms with Gasteiger partial charge in [0.2, 0.25) is 11.6 Å². The van der Waals surface area contributed by atoms with Gasteiger partial charge in [0.05, 0.1) is 17.5 Å². The van der Waals surface area contributed by atoms with E-state index in [2.05, 4.69) is 24.1 Å². The van der Waals surface area contributed by atoms with Gasteiger partial charge in [0, 0.05) is 44.1 Å². The molecular formula is C45H54N2O10. The van der Waals surface area contributed by atoms with Crippen LogP contribution < -0.4 is 4.74 Å². The fourth-order valence-electron chi connectivity index (χ4n) is 10.6. The third-order valence-corrected chi connectivity index (χ3v) is 13.3. The van der Waals surface area contributed by atoms with Gasteiger partial charge >= 0.3 is 11.9 Å². The first-order chi connectivity index (χ1) is 27.1. The second kappa shape index (κ2) is 15.7. The molecule has 8 atom stereocenters. The Morgan fingerprint density at radius 3 is 2.60 bits per heavy atom.